The average molecular weight is 314 g/mol. The fraction of sp³-hybridized carbons (Fsp3) is 0.500. The van der Waals surface area contributed by atoms with Crippen molar-refractivity contribution in [3.8, 4) is 0 Å². The van der Waals surface area contributed by atoms with Crippen LogP contribution >= 0.6 is 15.9 Å². The van der Waals surface area contributed by atoms with Crippen LogP contribution in [0.1, 0.15) is 41.6 Å². The van der Waals surface area contributed by atoms with E-state index in [1.54, 1.807) is 19.1 Å². The molecule has 0 atom stereocenters. The van der Waals surface area contributed by atoms with Gasteiger partial charge in [0.05, 0.1) is 11.1 Å². The zero-order chi connectivity index (χ0) is 13.2. The molecule has 1 saturated carbocycles. The van der Waals surface area contributed by atoms with Gasteiger partial charge >= 0.3 is 0 Å². The fourth-order valence-electron chi connectivity index (χ4n) is 2.47. The molecule has 0 radical (unpaired) electrons. The predicted octanol–water partition coefficient (Wildman–Crippen LogP) is 3.57. The van der Waals surface area contributed by atoms with Crippen molar-refractivity contribution in [3.63, 3.8) is 0 Å². The lowest BCUT2D eigenvalue weighted by Crippen LogP contribution is -2.48. The first-order valence-electron chi connectivity index (χ1n) is 6.22. The second kappa shape index (κ2) is 5.39. The Labute approximate surface area is 115 Å². The molecule has 0 aromatic heterocycles. The predicted molar refractivity (Wildman–Crippen MR) is 73.6 cm³/mol. The Morgan fingerprint density at radius 3 is 2.72 bits per heavy atom. The molecule has 1 aromatic carbocycles. The number of halogens is 2. The van der Waals surface area contributed by atoms with Gasteiger partial charge in [-0.15, -0.1) is 0 Å². The molecule has 1 aromatic rings. The third kappa shape index (κ3) is 2.58. The lowest BCUT2D eigenvalue weighted by atomic mass is 9.99. The number of amides is 1. The van der Waals surface area contributed by atoms with Crippen molar-refractivity contribution in [2.24, 2.45) is 0 Å². The van der Waals surface area contributed by atoms with Crippen LogP contribution in [0.4, 0.5) is 4.39 Å². The smallest absolute Gasteiger partial charge is 0.254 e. The standard InChI is InChI=1S/C14H17BrFNO/c1-10-5-4-6-11(12(10)16)13(18)17-14(9-15)7-2-3-8-14/h4-6H,2-3,7-9H2,1H3,(H,17,18). The molecule has 98 valence electrons. The highest BCUT2D eigenvalue weighted by atomic mass is 79.9. The Balaban J connectivity index is 2.19. The lowest BCUT2D eigenvalue weighted by Gasteiger charge is -2.28. The molecule has 0 unspecified atom stereocenters. The normalized spacial score (nSPS) is 17.7. The van der Waals surface area contributed by atoms with Crippen molar-refractivity contribution >= 4 is 21.8 Å². The van der Waals surface area contributed by atoms with E-state index in [1.807, 2.05) is 0 Å². The third-order valence-corrected chi connectivity index (χ3v) is 4.70. The number of alkyl halides is 1. The molecule has 1 aliphatic carbocycles. The molecular weight excluding hydrogens is 297 g/mol. The van der Waals surface area contributed by atoms with Gasteiger partial charge in [-0.25, -0.2) is 4.39 Å². The fourth-order valence-corrected chi connectivity index (χ4v) is 3.18. The van der Waals surface area contributed by atoms with E-state index in [-0.39, 0.29) is 17.0 Å². The number of hydrogen-bond acceptors (Lipinski definition) is 1. The monoisotopic (exact) mass is 313 g/mol. The minimum absolute atomic E-state index is 0.141. The van der Waals surface area contributed by atoms with Gasteiger partial charge in [0, 0.05) is 5.33 Å². The summed E-state index contributed by atoms with van der Waals surface area (Å²) in [6.07, 6.45) is 4.14. The van der Waals surface area contributed by atoms with Gasteiger partial charge in [0.25, 0.3) is 5.91 Å². The molecule has 0 heterocycles. The summed E-state index contributed by atoms with van der Waals surface area (Å²) < 4.78 is 13.9. The van der Waals surface area contributed by atoms with Crippen LogP contribution < -0.4 is 5.32 Å². The number of nitrogens with one attached hydrogen (secondary N) is 1. The number of hydrogen-bond donors (Lipinski definition) is 1. The Kier molecular flexibility index (Phi) is 4.05. The summed E-state index contributed by atoms with van der Waals surface area (Å²) in [6, 6.07) is 4.92. The van der Waals surface area contributed by atoms with Crippen LogP contribution in [0, 0.1) is 12.7 Å². The largest absolute Gasteiger partial charge is 0.346 e. The summed E-state index contributed by atoms with van der Waals surface area (Å²) in [7, 11) is 0. The first-order chi connectivity index (χ1) is 8.58. The van der Waals surface area contributed by atoms with Crippen molar-refractivity contribution in [2.45, 2.75) is 38.1 Å². The Morgan fingerprint density at radius 2 is 2.11 bits per heavy atom. The molecule has 2 nitrogen and oxygen atoms in total. The van der Waals surface area contributed by atoms with Crippen LogP contribution in [0.25, 0.3) is 0 Å². The highest BCUT2D eigenvalue weighted by Gasteiger charge is 2.34. The van der Waals surface area contributed by atoms with Crippen molar-refractivity contribution in [1.82, 2.24) is 5.32 Å². The van der Waals surface area contributed by atoms with Crippen molar-refractivity contribution in [2.75, 3.05) is 5.33 Å². The van der Waals surface area contributed by atoms with Crippen LogP contribution in [0.2, 0.25) is 0 Å². The minimum atomic E-state index is -0.419. The van der Waals surface area contributed by atoms with Crippen molar-refractivity contribution in [3.05, 3.63) is 35.1 Å². The highest BCUT2D eigenvalue weighted by molar-refractivity contribution is 9.09. The molecule has 0 saturated heterocycles. The topological polar surface area (TPSA) is 29.1 Å². The van der Waals surface area contributed by atoms with E-state index in [4.69, 9.17) is 0 Å². The molecular formula is C14H17BrFNO. The van der Waals surface area contributed by atoms with Crippen LogP contribution in [-0.2, 0) is 0 Å². The summed E-state index contributed by atoms with van der Waals surface area (Å²) in [5.74, 6) is -0.727. The molecule has 1 N–H and O–H groups in total. The van der Waals surface area contributed by atoms with E-state index in [1.165, 1.54) is 6.07 Å². The van der Waals surface area contributed by atoms with Gasteiger partial charge in [0.15, 0.2) is 0 Å². The quantitative estimate of drug-likeness (QED) is 0.849. The van der Waals surface area contributed by atoms with E-state index in [0.29, 0.717) is 5.56 Å². The number of rotatable bonds is 3. The molecule has 0 spiro atoms. The second-order valence-electron chi connectivity index (χ2n) is 5.01. The van der Waals surface area contributed by atoms with Gasteiger partial charge in [-0.2, -0.15) is 0 Å². The number of benzene rings is 1. The van der Waals surface area contributed by atoms with Crippen LogP contribution in [0.5, 0.6) is 0 Å². The van der Waals surface area contributed by atoms with E-state index < -0.39 is 5.82 Å². The van der Waals surface area contributed by atoms with Gasteiger partial charge in [-0.1, -0.05) is 40.9 Å². The van der Waals surface area contributed by atoms with Crippen LogP contribution in [0.3, 0.4) is 0 Å². The van der Waals surface area contributed by atoms with Gasteiger partial charge in [-0.05, 0) is 31.4 Å². The van der Waals surface area contributed by atoms with Crippen molar-refractivity contribution < 1.29 is 9.18 Å². The SMILES string of the molecule is Cc1cccc(C(=O)NC2(CBr)CCCC2)c1F. The maximum atomic E-state index is 13.9. The van der Waals surface area contributed by atoms with Gasteiger partial charge < -0.3 is 5.32 Å². The van der Waals surface area contributed by atoms with Gasteiger partial charge in [0.2, 0.25) is 0 Å². The summed E-state index contributed by atoms with van der Waals surface area (Å²) in [5, 5.41) is 3.72. The van der Waals surface area contributed by atoms with Crippen LogP contribution in [-0.4, -0.2) is 16.8 Å². The first kappa shape index (κ1) is 13.5. The molecule has 0 bridgehead atoms. The molecule has 2 rings (SSSR count). The summed E-state index contributed by atoms with van der Waals surface area (Å²) in [4.78, 5) is 12.2. The Bertz CT molecular complexity index is 455. The summed E-state index contributed by atoms with van der Waals surface area (Å²) >= 11 is 3.46. The van der Waals surface area contributed by atoms with Gasteiger partial charge in [-0.3, -0.25) is 4.79 Å². The maximum absolute atomic E-state index is 13.9. The molecule has 1 amide bonds. The van der Waals surface area contributed by atoms with E-state index in [0.717, 1.165) is 31.0 Å². The second-order valence-corrected chi connectivity index (χ2v) is 5.57. The summed E-state index contributed by atoms with van der Waals surface area (Å²) in [5.41, 5.74) is 0.442. The lowest BCUT2D eigenvalue weighted by molar-refractivity contribution is 0.0906. The number of carbonyl (C=O) groups excluding carboxylic acids is 1. The first-order valence-corrected chi connectivity index (χ1v) is 7.34. The van der Waals surface area contributed by atoms with E-state index in [2.05, 4.69) is 21.2 Å². The molecule has 1 aliphatic rings. The molecule has 0 aliphatic heterocycles. The Morgan fingerprint density at radius 1 is 1.44 bits per heavy atom. The zero-order valence-electron chi connectivity index (χ0n) is 10.4. The highest BCUT2D eigenvalue weighted by Crippen LogP contribution is 2.31. The van der Waals surface area contributed by atoms with E-state index >= 15 is 0 Å². The number of carbonyl (C=O) groups is 1. The van der Waals surface area contributed by atoms with Crippen molar-refractivity contribution in [1.29, 1.82) is 0 Å². The molecule has 1 fully saturated rings. The molecule has 18 heavy (non-hydrogen) atoms. The average Bonchev–Trinajstić information content (AvgIpc) is 2.81. The summed E-state index contributed by atoms with van der Waals surface area (Å²) in [6.45, 7) is 1.67. The van der Waals surface area contributed by atoms with Gasteiger partial charge in [0.1, 0.15) is 5.82 Å². The third-order valence-electron chi connectivity index (χ3n) is 3.63. The number of aryl methyl sites for hydroxylation is 1. The van der Waals surface area contributed by atoms with E-state index in [9.17, 15) is 9.18 Å². The molecule has 4 heteroatoms. The Hall–Kier alpha value is -0.900. The zero-order valence-corrected chi connectivity index (χ0v) is 12.0. The minimum Gasteiger partial charge on any atom is -0.346 e. The maximum Gasteiger partial charge on any atom is 0.254 e. The van der Waals surface area contributed by atoms with Crippen LogP contribution in [0.15, 0.2) is 18.2 Å².